The molecule has 2 aromatic heterocycles. The summed E-state index contributed by atoms with van der Waals surface area (Å²) < 4.78 is 0. The van der Waals surface area contributed by atoms with Crippen molar-refractivity contribution in [1.29, 1.82) is 0 Å². The smallest absolute Gasteiger partial charge is 0.242 e. The normalized spacial score (nSPS) is 15.8. The Hall–Kier alpha value is -2.75. The predicted octanol–water partition coefficient (Wildman–Crippen LogP) is 3.81. The fraction of sp³-hybridized carbons (Fsp3) is 0.458. The number of thiophene rings is 1. The third-order valence-corrected chi connectivity index (χ3v) is 6.90. The maximum Gasteiger partial charge on any atom is 0.242 e. The quantitative estimate of drug-likeness (QED) is 0.486. The molecule has 8 nitrogen and oxygen atoms in total. The van der Waals surface area contributed by atoms with E-state index in [0.29, 0.717) is 24.1 Å². The molecule has 4 rings (SSSR count). The van der Waals surface area contributed by atoms with Gasteiger partial charge in [-0.25, -0.2) is 4.98 Å². The average molecular weight is 468 g/mol. The summed E-state index contributed by atoms with van der Waals surface area (Å²) in [5.41, 5.74) is 9.24. The van der Waals surface area contributed by atoms with Gasteiger partial charge in [-0.3, -0.25) is 4.79 Å². The van der Waals surface area contributed by atoms with Crippen molar-refractivity contribution in [2.75, 3.05) is 48.8 Å². The van der Waals surface area contributed by atoms with Crippen LogP contribution in [0.2, 0.25) is 0 Å². The van der Waals surface area contributed by atoms with E-state index in [9.17, 15) is 4.79 Å². The van der Waals surface area contributed by atoms with Gasteiger partial charge in [-0.2, -0.15) is 4.98 Å². The van der Waals surface area contributed by atoms with Crippen molar-refractivity contribution in [2.24, 2.45) is 11.7 Å². The van der Waals surface area contributed by atoms with E-state index in [4.69, 9.17) is 5.73 Å². The zero-order chi connectivity index (χ0) is 23.5. The van der Waals surface area contributed by atoms with Gasteiger partial charge >= 0.3 is 0 Å². The van der Waals surface area contributed by atoms with Gasteiger partial charge in [0.1, 0.15) is 10.6 Å². The van der Waals surface area contributed by atoms with Crippen LogP contribution in [0.4, 0.5) is 23.1 Å². The summed E-state index contributed by atoms with van der Waals surface area (Å²) in [6.07, 6.45) is 0.618. The molecule has 0 spiro atoms. The van der Waals surface area contributed by atoms with Gasteiger partial charge in [0.15, 0.2) is 0 Å². The minimum atomic E-state index is -0.576. The molecule has 0 saturated carbocycles. The highest BCUT2D eigenvalue weighted by atomic mass is 32.1. The molecule has 4 N–H and O–H groups in total. The third-order valence-electron chi connectivity index (χ3n) is 5.91. The van der Waals surface area contributed by atoms with Gasteiger partial charge in [-0.15, -0.1) is 11.3 Å². The zero-order valence-electron chi connectivity index (χ0n) is 19.8. The Bertz CT molecular complexity index is 1100. The van der Waals surface area contributed by atoms with Crippen LogP contribution < -0.4 is 21.3 Å². The van der Waals surface area contributed by atoms with E-state index in [-0.39, 0.29) is 5.91 Å². The first-order chi connectivity index (χ1) is 15.8. The monoisotopic (exact) mass is 467 g/mol. The molecule has 3 aromatic rings. The van der Waals surface area contributed by atoms with Crippen LogP contribution in [0.5, 0.6) is 0 Å². The van der Waals surface area contributed by atoms with Crippen molar-refractivity contribution in [3.63, 3.8) is 0 Å². The number of anilines is 4. The average Bonchev–Trinajstić information content (AvgIpc) is 3.15. The number of piperazine rings is 1. The maximum atomic E-state index is 12.7. The highest BCUT2D eigenvalue weighted by molar-refractivity contribution is 7.17. The fourth-order valence-electron chi connectivity index (χ4n) is 4.00. The summed E-state index contributed by atoms with van der Waals surface area (Å²) in [5, 5.41) is 9.12. The van der Waals surface area contributed by atoms with E-state index in [2.05, 4.69) is 63.4 Å². The summed E-state index contributed by atoms with van der Waals surface area (Å²) in [6.45, 7) is 10.3. The van der Waals surface area contributed by atoms with Crippen LogP contribution in [-0.4, -0.2) is 60.0 Å². The molecule has 1 aromatic carbocycles. The van der Waals surface area contributed by atoms with E-state index < -0.39 is 6.04 Å². The summed E-state index contributed by atoms with van der Waals surface area (Å²) in [7, 11) is 2.16. The number of aryl methyl sites for hydroxylation is 1. The van der Waals surface area contributed by atoms with Crippen molar-refractivity contribution in [1.82, 2.24) is 14.9 Å². The number of fused-ring (bicyclic) bond motifs is 1. The SMILES string of the molecule is Cc1csc2nc(Nc3ccc(N4CCN(C)CC4)cc3)nc(NC(=O)C(N)CC(C)C)c12. The number of aromatic nitrogens is 2. The Balaban J connectivity index is 1.53. The molecule has 1 amide bonds. The van der Waals surface area contributed by atoms with Crippen molar-refractivity contribution in [3.8, 4) is 0 Å². The number of hydrogen-bond acceptors (Lipinski definition) is 8. The first-order valence-electron chi connectivity index (χ1n) is 11.4. The zero-order valence-corrected chi connectivity index (χ0v) is 20.6. The van der Waals surface area contributed by atoms with E-state index >= 15 is 0 Å². The summed E-state index contributed by atoms with van der Waals surface area (Å²) >= 11 is 1.54. The lowest BCUT2D eigenvalue weighted by molar-refractivity contribution is -0.117. The van der Waals surface area contributed by atoms with Gasteiger partial charge in [0.2, 0.25) is 11.9 Å². The summed E-state index contributed by atoms with van der Waals surface area (Å²) in [6, 6.07) is 7.74. The van der Waals surface area contributed by atoms with Crippen LogP contribution in [0.15, 0.2) is 29.6 Å². The van der Waals surface area contributed by atoms with Crippen molar-refractivity contribution < 1.29 is 4.79 Å². The second kappa shape index (κ2) is 10.0. The van der Waals surface area contributed by atoms with Crippen molar-refractivity contribution in [2.45, 2.75) is 33.2 Å². The number of likely N-dealkylation sites (N-methyl/N-ethyl adjacent to an activating group) is 1. The van der Waals surface area contributed by atoms with E-state index in [1.807, 2.05) is 24.4 Å². The molecule has 1 aliphatic rings. The molecule has 0 radical (unpaired) electrons. The van der Waals surface area contributed by atoms with Crippen LogP contribution >= 0.6 is 11.3 Å². The molecule has 176 valence electrons. The molecule has 0 bridgehead atoms. The molecule has 1 atom stereocenters. The topological polar surface area (TPSA) is 99.4 Å². The van der Waals surface area contributed by atoms with Crippen LogP contribution in [0.1, 0.15) is 25.8 Å². The largest absolute Gasteiger partial charge is 0.369 e. The van der Waals surface area contributed by atoms with Crippen LogP contribution in [0.25, 0.3) is 10.2 Å². The van der Waals surface area contributed by atoms with Crippen LogP contribution in [0, 0.1) is 12.8 Å². The number of hydrogen-bond donors (Lipinski definition) is 3. The fourth-order valence-corrected chi connectivity index (χ4v) is 4.92. The molecule has 1 aliphatic heterocycles. The molecule has 1 unspecified atom stereocenters. The molecule has 33 heavy (non-hydrogen) atoms. The first kappa shape index (κ1) is 23.4. The second-order valence-electron chi connectivity index (χ2n) is 9.18. The highest BCUT2D eigenvalue weighted by Gasteiger charge is 2.20. The third kappa shape index (κ3) is 5.61. The Labute approximate surface area is 199 Å². The Morgan fingerprint density at radius 3 is 2.52 bits per heavy atom. The van der Waals surface area contributed by atoms with Gasteiger partial charge in [-0.1, -0.05) is 13.8 Å². The number of amides is 1. The molecule has 1 fully saturated rings. The highest BCUT2D eigenvalue weighted by Crippen LogP contribution is 2.31. The van der Waals surface area contributed by atoms with E-state index in [1.165, 1.54) is 17.0 Å². The van der Waals surface area contributed by atoms with Crippen LogP contribution in [-0.2, 0) is 4.79 Å². The number of nitrogens with one attached hydrogen (secondary N) is 2. The van der Waals surface area contributed by atoms with Gasteiger partial charge < -0.3 is 26.2 Å². The number of nitrogens with zero attached hydrogens (tertiary/aromatic N) is 4. The first-order valence-corrected chi connectivity index (χ1v) is 12.3. The molecular formula is C24H33N7OS. The van der Waals surface area contributed by atoms with Gasteiger partial charge in [-0.05, 0) is 61.5 Å². The molecule has 1 saturated heterocycles. The Morgan fingerprint density at radius 1 is 1.15 bits per heavy atom. The van der Waals surface area contributed by atoms with Gasteiger partial charge in [0.05, 0.1) is 11.4 Å². The number of nitrogens with two attached hydrogens (primary N) is 1. The molecule has 9 heteroatoms. The number of benzene rings is 1. The predicted molar refractivity (Wildman–Crippen MR) is 138 cm³/mol. The minimum Gasteiger partial charge on any atom is -0.369 e. The Kier molecular flexibility index (Phi) is 7.11. The number of carbonyl (C=O) groups excluding carboxylic acids is 1. The number of carbonyl (C=O) groups is 1. The lowest BCUT2D eigenvalue weighted by Gasteiger charge is -2.34. The second-order valence-corrected chi connectivity index (χ2v) is 10.0. The number of rotatable bonds is 7. The molecule has 0 aliphatic carbocycles. The Morgan fingerprint density at radius 2 is 1.85 bits per heavy atom. The lowest BCUT2D eigenvalue weighted by Crippen LogP contribution is -2.44. The minimum absolute atomic E-state index is 0.225. The van der Waals surface area contributed by atoms with Gasteiger partial charge in [0, 0.05) is 37.6 Å². The van der Waals surface area contributed by atoms with Gasteiger partial charge in [0.25, 0.3) is 0 Å². The molecular weight excluding hydrogens is 434 g/mol. The van der Waals surface area contributed by atoms with E-state index in [0.717, 1.165) is 47.6 Å². The molecule has 3 heterocycles. The van der Waals surface area contributed by atoms with Crippen molar-refractivity contribution in [3.05, 3.63) is 35.2 Å². The van der Waals surface area contributed by atoms with Crippen LogP contribution in [0.3, 0.4) is 0 Å². The van der Waals surface area contributed by atoms with Crippen molar-refractivity contribution >= 4 is 50.6 Å². The lowest BCUT2D eigenvalue weighted by atomic mass is 10.0. The summed E-state index contributed by atoms with van der Waals surface area (Å²) in [5.74, 6) is 1.06. The summed E-state index contributed by atoms with van der Waals surface area (Å²) in [4.78, 5) is 27.6. The maximum absolute atomic E-state index is 12.7. The van der Waals surface area contributed by atoms with E-state index in [1.54, 1.807) is 0 Å². The standard InChI is InChI=1S/C24H33N7OS/c1-15(2)13-19(25)22(32)27-21-20-16(3)14-33-23(20)29-24(28-21)26-17-5-7-18(8-6-17)31-11-9-30(4)10-12-31/h5-8,14-15,19H,9-13,25H2,1-4H3,(H2,26,27,28,29,32).